The molecule has 6 nitrogen and oxygen atoms in total. The molecule has 0 fully saturated rings. The van der Waals surface area contributed by atoms with Crippen LogP contribution in [0.2, 0.25) is 0 Å². The Balaban J connectivity index is 1.77. The summed E-state index contributed by atoms with van der Waals surface area (Å²) in [5.41, 5.74) is 1.94. The first-order valence-corrected chi connectivity index (χ1v) is 8.38. The van der Waals surface area contributed by atoms with Gasteiger partial charge in [0.1, 0.15) is 5.52 Å². The van der Waals surface area contributed by atoms with E-state index in [2.05, 4.69) is 27.2 Å². The van der Waals surface area contributed by atoms with E-state index in [0.717, 1.165) is 23.5 Å². The van der Waals surface area contributed by atoms with Crippen LogP contribution >= 0.6 is 11.8 Å². The summed E-state index contributed by atoms with van der Waals surface area (Å²) < 4.78 is 0. The van der Waals surface area contributed by atoms with Gasteiger partial charge in [-0.3, -0.25) is 4.79 Å². The zero-order valence-corrected chi connectivity index (χ0v) is 13.0. The van der Waals surface area contributed by atoms with E-state index in [9.17, 15) is 9.90 Å². The number of nitrogens with one attached hydrogen (secondary N) is 3. The molecule has 0 spiro atoms. The lowest BCUT2D eigenvalue weighted by Crippen LogP contribution is -2.26. The third kappa shape index (κ3) is 4.59. The molecule has 4 N–H and O–H groups in total. The van der Waals surface area contributed by atoms with Gasteiger partial charge in [0, 0.05) is 24.8 Å². The quantitative estimate of drug-likeness (QED) is 0.523. The van der Waals surface area contributed by atoms with Gasteiger partial charge in [0.2, 0.25) is 0 Å². The van der Waals surface area contributed by atoms with Crippen LogP contribution in [-0.2, 0) is 6.54 Å². The van der Waals surface area contributed by atoms with Crippen molar-refractivity contribution in [1.29, 1.82) is 0 Å². The molecular formula is C14H22N4O2S. The Morgan fingerprint density at radius 2 is 2.29 bits per heavy atom. The molecule has 0 saturated heterocycles. The van der Waals surface area contributed by atoms with E-state index in [1.165, 1.54) is 12.7 Å². The maximum Gasteiger partial charge on any atom is 0.275 e. The highest BCUT2D eigenvalue weighted by Gasteiger charge is 2.08. The maximum absolute atomic E-state index is 11.6. The molecular weight excluding hydrogens is 288 g/mol. The summed E-state index contributed by atoms with van der Waals surface area (Å²) in [6.07, 6.45) is 4.82. The first-order chi connectivity index (χ1) is 10.2. The van der Waals surface area contributed by atoms with Crippen LogP contribution in [0.1, 0.15) is 25.3 Å². The molecule has 21 heavy (non-hydrogen) atoms. The minimum atomic E-state index is -0.337. The van der Waals surface area contributed by atoms with Gasteiger partial charge in [0.15, 0.2) is 0 Å². The first-order valence-electron chi connectivity index (χ1n) is 7.22. The zero-order valence-electron chi connectivity index (χ0n) is 12.2. The van der Waals surface area contributed by atoms with Crippen LogP contribution in [0.3, 0.4) is 0 Å². The molecule has 7 heteroatoms. The summed E-state index contributed by atoms with van der Waals surface area (Å²) >= 11 is 1.88. The lowest BCUT2D eigenvalue weighted by Gasteiger charge is -2.11. The van der Waals surface area contributed by atoms with Crippen LogP contribution in [0.4, 0.5) is 0 Å². The Bertz CT molecular complexity index is 610. The van der Waals surface area contributed by atoms with Gasteiger partial charge >= 0.3 is 0 Å². The summed E-state index contributed by atoms with van der Waals surface area (Å²) in [6, 6.07) is 0. The van der Waals surface area contributed by atoms with E-state index in [1.807, 2.05) is 11.8 Å². The fraction of sp³-hybridized carbons (Fsp3) is 0.571. The van der Waals surface area contributed by atoms with E-state index >= 15 is 0 Å². The SMILES string of the molecule is CCCSCCC(O)CNCc1c[nH]c2c(=O)[nH]cnc12. The number of thioether (sulfide) groups is 1. The van der Waals surface area contributed by atoms with Crippen molar-refractivity contribution in [2.75, 3.05) is 18.1 Å². The fourth-order valence-corrected chi connectivity index (χ4v) is 3.01. The van der Waals surface area contributed by atoms with Crippen molar-refractivity contribution >= 4 is 22.8 Å². The average molecular weight is 310 g/mol. The Labute approximate surface area is 127 Å². The zero-order chi connectivity index (χ0) is 15.1. The van der Waals surface area contributed by atoms with Crippen molar-refractivity contribution in [2.45, 2.75) is 32.4 Å². The number of fused-ring (bicyclic) bond motifs is 1. The van der Waals surface area contributed by atoms with Gasteiger partial charge in [-0.2, -0.15) is 11.8 Å². The number of aromatic nitrogens is 3. The largest absolute Gasteiger partial charge is 0.392 e. The topological polar surface area (TPSA) is 93.8 Å². The number of H-pyrrole nitrogens is 2. The van der Waals surface area contributed by atoms with E-state index in [0.29, 0.717) is 24.1 Å². The highest BCUT2D eigenvalue weighted by Crippen LogP contribution is 2.11. The molecule has 2 aromatic heterocycles. The van der Waals surface area contributed by atoms with E-state index in [-0.39, 0.29) is 11.7 Å². The van der Waals surface area contributed by atoms with E-state index in [1.54, 1.807) is 6.20 Å². The third-order valence-corrected chi connectivity index (χ3v) is 4.41. The predicted octanol–water partition coefficient (Wildman–Crippen LogP) is 1.24. The molecule has 0 aromatic carbocycles. The lowest BCUT2D eigenvalue weighted by atomic mass is 10.2. The predicted molar refractivity (Wildman–Crippen MR) is 86.7 cm³/mol. The normalized spacial score (nSPS) is 12.9. The van der Waals surface area contributed by atoms with Gasteiger partial charge in [0.25, 0.3) is 5.56 Å². The summed E-state index contributed by atoms with van der Waals surface area (Å²) in [4.78, 5) is 21.2. The highest BCUT2D eigenvalue weighted by atomic mass is 32.2. The van der Waals surface area contributed by atoms with Crippen LogP contribution in [0.5, 0.6) is 0 Å². The number of aromatic amines is 2. The van der Waals surface area contributed by atoms with Crippen molar-refractivity contribution in [1.82, 2.24) is 20.3 Å². The molecule has 116 valence electrons. The third-order valence-electron chi connectivity index (χ3n) is 3.19. The number of hydrogen-bond donors (Lipinski definition) is 4. The van der Waals surface area contributed by atoms with Gasteiger partial charge in [0.05, 0.1) is 17.9 Å². The average Bonchev–Trinajstić information content (AvgIpc) is 2.89. The molecule has 1 atom stereocenters. The van der Waals surface area contributed by atoms with Crippen LogP contribution < -0.4 is 10.9 Å². The molecule has 2 aromatic rings. The van der Waals surface area contributed by atoms with Crippen molar-refractivity contribution in [3.63, 3.8) is 0 Å². The summed E-state index contributed by atoms with van der Waals surface area (Å²) in [5.74, 6) is 2.14. The molecule has 0 aliphatic rings. The maximum atomic E-state index is 11.6. The van der Waals surface area contributed by atoms with Gasteiger partial charge in [-0.05, 0) is 24.3 Å². The van der Waals surface area contributed by atoms with Crippen LogP contribution in [0.15, 0.2) is 17.3 Å². The monoisotopic (exact) mass is 310 g/mol. The van der Waals surface area contributed by atoms with Crippen LogP contribution in [0.25, 0.3) is 11.0 Å². The van der Waals surface area contributed by atoms with Crippen molar-refractivity contribution < 1.29 is 5.11 Å². The van der Waals surface area contributed by atoms with Gasteiger partial charge in [-0.1, -0.05) is 6.92 Å². The van der Waals surface area contributed by atoms with Gasteiger partial charge in [-0.15, -0.1) is 0 Å². The van der Waals surface area contributed by atoms with Crippen molar-refractivity contribution in [2.24, 2.45) is 0 Å². The Morgan fingerprint density at radius 1 is 1.43 bits per heavy atom. The molecule has 0 aliphatic heterocycles. The standard InChI is InChI=1S/C14H22N4O2S/c1-2-4-21-5-3-11(19)8-15-6-10-7-16-13-12(10)17-9-18-14(13)20/h7,9,11,15-16,19H,2-6,8H2,1H3,(H,17,18,20). The molecule has 0 radical (unpaired) electrons. The number of aliphatic hydroxyl groups excluding tert-OH is 1. The molecule has 0 aliphatic carbocycles. The number of aliphatic hydroxyl groups is 1. The highest BCUT2D eigenvalue weighted by molar-refractivity contribution is 7.99. The van der Waals surface area contributed by atoms with Crippen LogP contribution in [-0.4, -0.2) is 44.2 Å². The lowest BCUT2D eigenvalue weighted by molar-refractivity contribution is 0.168. The van der Waals surface area contributed by atoms with Gasteiger partial charge in [-0.25, -0.2) is 4.98 Å². The molecule has 0 bridgehead atoms. The van der Waals surface area contributed by atoms with Crippen molar-refractivity contribution in [3.05, 3.63) is 28.4 Å². The van der Waals surface area contributed by atoms with E-state index in [4.69, 9.17) is 0 Å². The molecule has 2 heterocycles. The molecule has 0 amide bonds. The Hall–Kier alpha value is -1.31. The van der Waals surface area contributed by atoms with Crippen molar-refractivity contribution in [3.8, 4) is 0 Å². The second-order valence-corrected chi connectivity index (χ2v) is 6.18. The first kappa shape index (κ1) is 16.1. The number of nitrogens with zero attached hydrogens (tertiary/aromatic N) is 1. The summed E-state index contributed by atoms with van der Waals surface area (Å²) in [5, 5.41) is 13.1. The minimum absolute atomic E-state index is 0.167. The summed E-state index contributed by atoms with van der Waals surface area (Å²) in [7, 11) is 0. The molecule has 0 saturated carbocycles. The number of hydrogen-bond acceptors (Lipinski definition) is 5. The summed E-state index contributed by atoms with van der Waals surface area (Å²) in [6.45, 7) is 3.28. The van der Waals surface area contributed by atoms with Crippen LogP contribution in [0, 0.1) is 0 Å². The smallest absolute Gasteiger partial charge is 0.275 e. The number of rotatable bonds is 9. The second-order valence-electron chi connectivity index (χ2n) is 4.95. The second kappa shape index (κ2) is 8.21. The Morgan fingerprint density at radius 3 is 3.10 bits per heavy atom. The Kier molecular flexibility index (Phi) is 6.28. The van der Waals surface area contributed by atoms with E-state index < -0.39 is 0 Å². The molecule has 2 rings (SSSR count). The van der Waals surface area contributed by atoms with Gasteiger partial charge < -0.3 is 20.4 Å². The molecule has 1 unspecified atom stereocenters. The fourth-order valence-electron chi connectivity index (χ4n) is 2.08. The minimum Gasteiger partial charge on any atom is -0.392 e.